The number of nitrogens with one attached hydrogen (secondary N) is 1. The van der Waals surface area contributed by atoms with Crippen LogP contribution in [0.25, 0.3) is 0 Å². The molecule has 0 aliphatic rings. The number of hydrogen-bond acceptors (Lipinski definition) is 2. The summed E-state index contributed by atoms with van der Waals surface area (Å²) >= 11 is 0. The lowest BCUT2D eigenvalue weighted by Crippen LogP contribution is -2.51. The fourth-order valence-corrected chi connectivity index (χ4v) is 4.26. The molecule has 1 atom stereocenters. The number of amides is 2. The molecule has 35 heavy (non-hydrogen) atoms. The van der Waals surface area contributed by atoms with Gasteiger partial charge in [0.25, 0.3) is 0 Å². The van der Waals surface area contributed by atoms with E-state index in [2.05, 4.69) is 44.3 Å². The first-order valence-corrected chi connectivity index (χ1v) is 12.6. The maximum atomic E-state index is 13.8. The van der Waals surface area contributed by atoms with Gasteiger partial charge in [0, 0.05) is 19.5 Å². The van der Waals surface area contributed by atoms with Gasteiger partial charge in [-0.25, -0.2) is 0 Å². The predicted molar refractivity (Wildman–Crippen MR) is 143 cm³/mol. The van der Waals surface area contributed by atoms with E-state index >= 15 is 0 Å². The Balaban J connectivity index is 1.95. The Morgan fingerprint density at radius 2 is 1.57 bits per heavy atom. The molecule has 3 rings (SSSR count). The highest BCUT2D eigenvalue weighted by atomic mass is 16.2. The number of carbonyl (C=O) groups excluding carboxylic acids is 2. The van der Waals surface area contributed by atoms with E-state index in [-0.39, 0.29) is 18.2 Å². The minimum absolute atomic E-state index is 0.0404. The minimum Gasteiger partial charge on any atom is -0.354 e. The third-order valence-electron chi connectivity index (χ3n) is 6.46. The number of unbranched alkanes of at least 4 members (excludes halogenated alkanes) is 1. The first-order valence-electron chi connectivity index (χ1n) is 12.6. The fraction of sp³-hybridized carbons (Fsp3) is 0.355. The van der Waals surface area contributed by atoms with E-state index in [0.29, 0.717) is 19.5 Å². The van der Waals surface area contributed by atoms with E-state index in [1.54, 1.807) is 4.90 Å². The summed E-state index contributed by atoms with van der Waals surface area (Å²) in [5.41, 5.74) is 6.54. The van der Waals surface area contributed by atoms with Crippen molar-refractivity contribution in [2.75, 3.05) is 6.54 Å². The van der Waals surface area contributed by atoms with Gasteiger partial charge in [-0.2, -0.15) is 0 Å². The highest BCUT2D eigenvalue weighted by Gasteiger charge is 2.30. The van der Waals surface area contributed by atoms with E-state index in [0.717, 1.165) is 35.1 Å². The molecule has 0 aromatic heterocycles. The van der Waals surface area contributed by atoms with Crippen LogP contribution in [0.3, 0.4) is 0 Å². The van der Waals surface area contributed by atoms with Gasteiger partial charge in [0.1, 0.15) is 6.04 Å². The average Bonchev–Trinajstić information content (AvgIpc) is 2.84. The van der Waals surface area contributed by atoms with Crippen LogP contribution in [-0.2, 0) is 29.0 Å². The molecule has 3 aromatic carbocycles. The molecule has 184 valence electrons. The summed E-state index contributed by atoms with van der Waals surface area (Å²) in [6.45, 7) is 9.29. The molecule has 0 fully saturated rings. The van der Waals surface area contributed by atoms with Crippen molar-refractivity contribution >= 4 is 11.8 Å². The third-order valence-corrected chi connectivity index (χ3v) is 6.46. The maximum absolute atomic E-state index is 13.8. The summed E-state index contributed by atoms with van der Waals surface area (Å²) in [7, 11) is 0. The molecule has 2 amide bonds. The molecular weight excluding hydrogens is 432 g/mol. The zero-order valence-electron chi connectivity index (χ0n) is 21.5. The Labute approximate surface area is 210 Å². The van der Waals surface area contributed by atoms with Crippen LogP contribution in [0.2, 0.25) is 0 Å². The molecule has 0 aliphatic carbocycles. The van der Waals surface area contributed by atoms with Gasteiger partial charge in [-0.1, -0.05) is 91.7 Å². The van der Waals surface area contributed by atoms with Crippen LogP contribution in [0.15, 0.2) is 72.8 Å². The van der Waals surface area contributed by atoms with Crippen LogP contribution in [0.1, 0.15) is 53.1 Å². The summed E-state index contributed by atoms with van der Waals surface area (Å²) < 4.78 is 0. The SMILES string of the molecule is CCCCNC(=O)C(Cc1ccccc1)N(Cc1cccc(C)c1)C(=O)Cc1ccc(C)c(C)c1. The lowest BCUT2D eigenvalue weighted by atomic mass is 10.00. The van der Waals surface area contributed by atoms with Gasteiger partial charge in [-0.05, 0) is 55.0 Å². The van der Waals surface area contributed by atoms with Gasteiger partial charge >= 0.3 is 0 Å². The molecule has 1 N–H and O–H groups in total. The van der Waals surface area contributed by atoms with Crippen molar-refractivity contribution in [3.63, 3.8) is 0 Å². The van der Waals surface area contributed by atoms with Gasteiger partial charge in [-0.15, -0.1) is 0 Å². The number of rotatable bonds is 11. The maximum Gasteiger partial charge on any atom is 0.243 e. The molecule has 3 aromatic rings. The van der Waals surface area contributed by atoms with Gasteiger partial charge in [0.05, 0.1) is 6.42 Å². The third kappa shape index (κ3) is 7.81. The van der Waals surface area contributed by atoms with Crippen molar-refractivity contribution in [2.24, 2.45) is 0 Å². The molecule has 0 radical (unpaired) electrons. The van der Waals surface area contributed by atoms with Gasteiger partial charge in [-0.3, -0.25) is 9.59 Å². The minimum atomic E-state index is -0.589. The fourth-order valence-electron chi connectivity index (χ4n) is 4.26. The first kappa shape index (κ1) is 26.2. The lowest BCUT2D eigenvalue weighted by molar-refractivity contribution is -0.140. The van der Waals surface area contributed by atoms with E-state index in [9.17, 15) is 9.59 Å². The second-order valence-corrected chi connectivity index (χ2v) is 9.46. The Bertz CT molecular complexity index is 1120. The smallest absolute Gasteiger partial charge is 0.243 e. The molecular formula is C31H38N2O2. The van der Waals surface area contributed by atoms with E-state index < -0.39 is 6.04 Å². The highest BCUT2D eigenvalue weighted by molar-refractivity contribution is 5.88. The van der Waals surface area contributed by atoms with Gasteiger partial charge in [0.2, 0.25) is 11.8 Å². The number of aryl methyl sites for hydroxylation is 3. The Morgan fingerprint density at radius 3 is 2.26 bits per heavy atom. The van der Waals surface area contributed by atoms with Crippen molar-refractivity contribution in [3.8, 4) is 0 Å². The van der Waals surface area contributed by atoms with Crippen LogP contribution in [0.4, 0.5) is 0 Å². The van der Waals surface area contributed by atoms with Crippen LogP contribution in [-0.4, -0.2) is 29.3 Å². The molecule has 0 spiro atoms. The molecule has 0 saturated heterocycles. The normalized spacial score (nSPS) is 11.7. The summed E-state index contributed by atoms with van der Waals surface area (Å²) in [4.78, 5) is 29.1. The number of carbonyl (C=O) groups is 2. The Kier molecular flexibility index (Phi) is 9.66. The van der Waals surface area contributed by atoms with Gasteiger partial charge in [0.15, 0.2) is 0 Å². The van der Waals surface area contributed by atoms with Crippen molar-refractivity contribution < 1.29 is 9.59 Å². The molecule has 0 bridgehead atoms. The molecule has 1 unspecified atom stereocenters. The quantitative estimate of drug-likeness (QED) is 0.365. The van der Waals surface area contributed by atoms with Crippen molar-refractivity contribution in [1.29, 1.82) is 0 Å². The van der Waals surface area contributed by atoms with E-state index in [4.69, 9.17) is 0 Å². The first-order chi connectivity index (χ1) is 16.9. The van der Waals surface area contributed by atoms with Crippen molar-refractivity contribution in [2.45, 2.75) is 66.0 Å². The number of hydrogen-bond donors (Lipinski definition) is 1. The second kappa shape index (κ2) is 12.9. The molecule has 4 nitrogen and oxygen atoms in total. The molecule has 0 aliphatic heterocycles. The average molecular weight is 471 g/mol. The monoisotopic (exact) mass is 470 g/mol. The van der Waals surface area contributed by atoms with Crippen LogP contribution in [0, 0.1) is 20.8 Å². The zero-order chi connectivity index (χ0) is 25.2. The van der Waals surface area contributed by atoms with Gasteiger partial charge < -0.3 is 10.2 Å². The summed E-state index contributed by atoms with van der Waals surface area (Å²) in [6, 6.07) is 23.7. The summed E-state index contributed by atoms with van der Waals surface area (Å²) in [5.74, 6) is -0.135. The van der Waals surface area contributed by atoms with Crippen LogP contribution < -0.4 is 5.32 Å². The lowest BCUT2D eigenvalue weighted by Gasteiger charge is -2.32. The summed E-state index contributed by atoms with van der Waals surface area (Å²) in [6.07, 6.45) is 2.66. The molecule has 0 saturated carbocycles. The van der Waals surface area contributed by atoms with Crippen LogP contribution in [0.5, 0.6) is 0 Å². The zero-order valence-corrected chi connectivity index (χ0v) is 21.5. The molecule has 4 heteroatoms. The number of benzene rings is 3. The highest BCUT2D eigenvalue weighted by Crippen LogP contribution is 2.18. The Morgan fingerprint density at radius 1 is 0.829 bits per heavy atom. The standard InChI is InChI=1S/C31H38N2O2/c1-5-6-17-32-31(35)29(20-26-12-8-7-9-13-26)33(22-28-14-10-11-23(2)18-28)30(34)21-27-16-15-24(3)25(4)19-27/h7-16,18-19,29H,5-6,17,20-22H2,1-4H3,(H,32,35). The van der Waals surface area contributed by atoms with Crippen molar-refractivity contribution in [1.82, 2.24) is 10.2 Å². The Hall–Kier alpha value is -3.40. The number of nitrogens with zero attached hydrogens (tertiary/aromatic N) is 1. The van der Waals surface area contributed by atoms with Crippen LogP contribution >= 0.6 is 0 Å². The van der Waals surface area contributed by atoms with E-state index in [1.807, 2.05) is 61.5 Å². The summed E-state index contributed by atoms with van der Waals surface area (Å²) in [5, 5.41) is 3.08. The van der Waals surface area contributed by atoms with E-state index in [1.165, 1.54) is 11.1 Å². The predicted octanol–water partition coefficient (Wildman–Crippen LogP) is 5.71. The molecule has 0 heterocycles. The topological polar surface area (TPSA) is 49.4 Å². The largest absolute Gasteiger partial charge is 0.354 e. The second-order valence-electron chi connectivity index (χ2n) is 9.46. The van der Waals surface area contributed by atoms with Crippen molar-refractivity contribution in [3.05, 3.63) is 106 Å².